The molecule has 5 heteroatoms. The van der Waals surface area contributed by atoms with Crippen LogP contribution in [0.2, 0.25) is 0 Å². The highest BCUT2D eigenvalue weighted by molar-refractivity contribution is 6.43. The lowest BCUT2D eigenvalue weighted by Gasteiger charge is -2.00. The molecule has 0 atom stereocenters. The van der Waals surface area contributed by atoms with Crippen LogP contribution in [0.15, 0.2) is 28.0 Å². The van der Waals surface area contributed by atoms with Gasteiger partial charge in [0, 0.05) is 0 Å². The summed E-state index contributed by atoms with van der Waals surface area (Å²) in [5.41, 5.74) is 6.92. The number of hydrogen-bond acceptors (Lipinski definition) is 4. The van der Waals surface area contributed by atoms with Gasteiger partial charge in [0.2, 0.25) is 5.71 Å². The Bertz CT molecular complexity index is 344. The molecular formula is C11H15N2O3. The molecule has 16 heavy (non-hydrogen) atoms. The van der Waals surface area contributed by atoms with Gasteiger partial charge >= 0.3 is 0 Å². The number of amides is 1. The Morgan fingerprint density at radius 2 is 2.38 bits per heavy atom. The number of nitrogens with one attached hydrogen (secondary N) is 1. The average molecular weight is 223 g/mol. The van der Waals surface area contributed by atoms with Gasteiger partial charge in [0.25, 0.3) is 5.91 Å². The average Bonchev–Trinajstić information content (AvgIpc) is 2.76. The number of nitrogens with zero attached hydrogens (tertiary/aromatic N) is 1. The van der Waals surface area contributed by atoms with Gasteiger partial charge in [0.1, 0.15) is 6.61 Å². The van der Waals surface area contributed by atoms with Crippen molar-refractivity contribution >= 4 is 11.6 Å². The topological polar surface area (TPSA) is 75.6 Å². The lowest BCUT2D eigenvalue weighted by molar-refractivity contribution is -0.112. The molecule has 0 unspecified atom stereocenters. The third-order valence-electron chi connectivity index (χ3n) is 1.96. The second-order valence-corrected chi connectivity index (χ2v) is 3.29. The van der Waals surface area contributed by atoms with Crippen molar-refractivity contribution in [2.45, 2.75) is 26.2 Å². The van der Waals surface area contributed by atoms with Crippen molar-refractivity contribution in [2.75, 3.05) is 6.61 Å². The van der Waals surface area contributed by atoms with E-state index in [1.807, 2.05) is 0 Å². The molecule has 1 aromatic heterocycles. The zero-order valence-electron chi connectivity index (χ0n) is 9.23. The smallest absolute Gasteiger partial charge is 0.295 e. The van der Waals surface area contributed by atoms with E-state index in [-0.39, 0.29) is 11.5 Å². The predicted molar refractivity (Wildman–Crippen MR) is 58.8 cm³/mol. The van der Waals surface area contributed by atoms with Crippen molar-refractivity contribution in [2.24, 2.45) is 5.16 Å². The van der Waals surface area contributed by atoms with Crippen molar-refractivity contribution in [3.63, 3.8) is 0 Å². The van der Waals surface area contributed by atoms with E-state index in [0.29, 0.717) is 6.61 Å². The molecule has 1 radical (unpaired) electrons. The largest absolute Gasteiger partial charge is 0.462 e. The number of unbranched alkanes of at least 4 members (excludes halogenated alkanes) is 2. The molecule has 0 aromatic carbocycles. The fourth-order valence-corrected chi connectivity index (χ4v) is 1.14. The van der Waals surface area contributed by atoms with Gasteiger partial charge in [0.15, 0.2) is 5.76 Å². The molecule has 0 fully saturated rings. The van der Waals surface area contributed by atoms with Crippen LogP contribution >= 0.6 is 0 Å². The first-order chi connectivity index (χ1) is 7.75. The number of oxime groups is 1. The molecular weight excluding hydrogens is 208 g/mol. The molecule has 1 amide bonds. The van der Waals surface area contributed by atoms with Gasteiger partial charge in [-0.25, -0.2) is 0 Å². The molecule has 0 aliphatic carbocycles. The Labute approximate surface area is 94.2 Å². The van der Waals surface area contributed by atoms with Crippen LogP contribution in [-0.2, 0) is 9.63 Å². The van der Waals surface area contributed by atoms with E-state index < -0.39 is 5.91 Å². The molecule has 1 rings (SSSR count). The second kappa shape index (κ2) is 6.66. The lowest BCUT2D eigenvalue weighted by atomic mass is 10.3. The zero-order chi connectivity index (χ0) is 11.8. The minimum Gasteiger partial charge on any atom is -0.462 e. The van der Waals surface area contributed by atoms with Crippen molar-refractivity contribution in [3.8, 4) is 0 Å². The second-order valence-electron chi connectivity index (χ2n) is 3.29. The van der Waals surface area contributed by atoms with E-state index in [2.05, 4.69) is 12.1 Å². The van der Waals surface area contributed by atoms with E-state index >= 15 is 0 Å². The van der Waals surface area contributed by atoms with Crippen molar-refractivity contribution < 1.29 is 14.0 Å². The Hall–Kier alpha value is -1.78. The van der Waals surface area contributed by atoms with Crippen molar-refractivity contribution in [1.82, 2.24) is 5.73 Å². The summed E-state index contributed by atoms with van der Waals surface area (Å²) in [6, 6.07) is 3.20. The number of hydrogen-bond donors (Lipinski definition) is 0. The summed E-state index contributed by atoms with van der Waals surface area (Å²) in [6.45, 7) is 2.54. The van der Waals surface area contributed by atoms with Crippen molar-refractivity contribution in [1.29, 1.82) is 0 Å². The first kappa shape index (κ1) is 12.3. The molecule has 5 nitrogen and oxygen atoms in total. The van der Waals surface area contributed by atoms with Gasteiger partial charge in [0.05, 0.1) is 6.26 Å². The lowest BCUT2D eigenvalue weighted by Crippen LogP contribution is -2.16. The Kier molecular flexibility index (Phi) is 5.11. The SMILES string of the molecule is CCCCCO/N=C(\C([NH])=O)c1ccco1. The molecule has 0 saturated heterocycles. The quantitative estimate of drug-likeness (QED) is 0.403. The summed E-state index contributed by atoms with van der Waals surface area (Å²) in [7, 11) is 0. The molecule has 87 valence electrons. The highest BCUT2D eigenvalue weighted by atomic mass is 16.6. The molecule has 0 aliphatic heterocycles. The fourth-order valence-electron chi connectivity index (χ4n) is 1.14. The molecule has 0 aliphatic rings. The fraction of sp³-hybridized carbons (Fsp3) is 0.455. The molecule has 1 heterocycles. The standard InChI is InChI=1S/C11H15N2O3/c1-2-3-4-8-16-13-10(11(12)14)9-6-5-7-15-9/h5-7,12H,2-4,8H2,1H3/b13-10-. The highest BCUT2D eigenvalue weighted by Gasteiger charge is 2.14. The van der Waals surface area contributed by atoms with Gasteiger partial charge in [-0.3, -0.25) is 10.5 Å². The van der Waals surface area contributed by atoms with Crippen LogP contribution in [0, 0.1) is 0 Å². The first-order valence-electron chi connectivity index (χ1n) is 5.25. The monoisotopic (exact) mass is 223 g/mol. The summed E-state index contributed by atoms with van der Waals surface area (Å²) in [6.07, 6.45) is 4.46. The van der Waals surface area contributed by atoms with Gasteiger partial charge < -0.3 is 9.25 Å². The van der Waals surface area contributed by atoms with Gasteiger partial charge in [-0.15, -0.1) is 0 Å². The van der Waals surface area contributed by atoms with Crippen LogP contribution in [0.4, 0.5) is 0 Å². The number of rotatable bonds is 7. The zero-order valence-corrected chi connectivity index (χ0v) is 9.23. The van der Waals surface area contributed by atoms with Crippen LogP contribution in [0.3, 0.4) is 0 Å². The van der Waals surface area contributed by atoms with Crippen LogP contribution < -0.4 is 5.73 Å². The molecule has 0 saturated carbocycles. The van der Waals surface area contributed by atoms with Gasteiger partial charge in [-0.2, -0.15) is 0 Å². The number of carbonyl (C=O) groups is 1. The summed E-state index contributed by atoms with van der Waals surface area (Å²) < 4.78 is 4.98. The van der Waals surface area contributed by atoms with Gasteiger partial charge in [-0.05, 0) is 18.6 Å². The maximum atomic E-state index is 11.0. The molecule has 1 aromatic rings. The Balaban J connectivity index is 2.51. The molecule has 1 N–H and O–H groups in total. The Morgan fingerprint density at radius 3 is 2.94 bits per heavy atom. The summed E-state index contributed by atoms with van der Waals surface area (Å²) in [5, 5.41) is 3.62. The molecule has 0 spiro atoms. The summed E-state index contributed by atoms with van der Waals surface area (Å²) in [4.78, 5) is 15.9. The van der Waals surface area contributed by atoms with E-state index in [1.165, 1.54) is 6.26 Å². The van der Waals surface area contributed by atoms with Gasteiger partial charge in [-0.1, -0.05) is 24.9 Å². The van der Waals surface area contributed by atoms with Crippen LogP contribution in [0.1, 0.15) is 31.9 Å². The summed E-state index contributed by atoms with van der Waals surface area (Å²) >= 11 is 0. The maximum Gasteiger partial charge on any atom is 0.295 e. The van der Waals surface area contributed by atoms with E-state index in [9.17, 15) is 4.79 Å². The predicted octanol–water partition coefficient (Wildman–Crippen LogP) is 2.00. The first-order valence-corrected chi connectivity index (χ1v) is 5.25. The van der Waals surface area contributed by atoms with Crippen LogP contribution in [-0.4, -0.2) is 18.2 Å². The third kappa shape index (κ3) is 3.76. The van der Waals surface area contributed by atoms with E-state index in [1.54, 1.807) is 12.1 Å². The minimum absolute atomic E-state index is 0.0958. The van der Waals surface area contributed by atoms with Crippen molar-refractivity contribution in [3.05, 3.63) is 24.2 Å². The normalized spacial score (nSPS) is 11.4. The Morgan fingerprint density at radius 1 is 1.56 bits per heavy atom. The third-order valence-corrected chi connectivity index (χ3v) is 1.96. The maximum absolute atomic E-state index is 11.0. The van der Waals surface area contributed by atoms with Crippen LogP contribution in [0.5, 0.6) is 0 Å². The van der Waals surface area contributed by atoms with E-state index in [4.69, 9.17) is 15.0 Å². The number of furan rings is 1. The summed E-state index contributed by atoms with van der Waals surface area (Å²) in [5.74, 6) is -0.652. The minimum atomic E-state index is -0.912. The van der Waals surface area contributed by atoms with Crippen LogP contribution in [0.25, 0.3) is 0 Å². The van der Waals surface area contributed by atoms with E-state index in [0.717, 1.165) is 19.3 Å². The number of carbonyl (C=O) groups excluding carboxylic acids is 1. The molecule has 0 bridgehead atoms. The highest BCUT2D eigenvalue weighted by Crippen LogP contribution is 2.03.